The molecule has 0 aliphatic carbocycles. The minimum absolute atomic E-state index is 0.286. The summed E-state index contributed by atoms with van der Waals surface area (Å²) in [5.41, 5.74) is 4.59. The first-order chi connectivity index (χ1) is 8.21. The lowest BCUT2D eigenvalue weighted by Gasteiger charge is -2.20. The van der Waals surface area contributed by atoms with Crippen molar-refractivity contribution in [2.75, 3.05) is 0 Å². The standard InChI is InChI=1S/C9H16N6O2S/c1-5(6(16)11-7(10)17)18-8-12-13-14-15(8)9(2,3)4/h5H,1-4H3,(H3,10,11,16,17)/t5-/m0/s1. The summed E-state index contributed by atoms with van der Waals surface area (Å²) in [7, 11) is 0. The van der Waals surface area contributed by atoms with E-state index in [9.17, 15) is 9.59 Å². The number of tetrazole rings is 1. The summed E-state index contributed by atoms with van der Waals surface area (Å²) in [4.78, 5) is 22.1. The number of rotatable bonds is 3. The van der Waals surface area contributed by atoms with Crippen molar-refractivity contribution in [3.63, 3.8) is 0 Å². The number of carbonyl (C=O) groups excluding carboxylic acids is 2. The molecule has 0 fully saturated rings. The van der Waals surface area contributed by atoms with Crippen molar-refractivity contribution >= 4 is 23.7 Å². The fraction of sp³-hybridized carbons (Fsp3) is 0.667. The molecule has 0 spiro atoms. The largest absolute Gasteiger partial charge is 0.351 e. The smallest absolute Gasteiger partial charge is 0.318 e. The van der Waals surface area contributed by atoms with Gasteiger partial charge in [-0.15, -0.1) is 5.10 Å². The molecule has 0 radical (unpaired) electrons. The molecular formula is C9H16N6O2S. The second-order valence-electron chi connectivity index (χ2n) is 4.66. The van der Waals surface area contributed by atoms with Crippen molar-refractivity contribution in [3.05, 3.63) is 0 Å². The Morgan fingerprint density at radius 2 is 2.06 bits per heavy atom. The van der Waals surface area contributed by atoms with E-state index in [2.05, 4.69) is 15.5 Å². The maximum atomic E-state index is 11.5. The number of primary amides is 1. The molecule has 1 atom stereocenters. The summed E-state index contributed by atoms with van der Waals surface area (Å²) in [6.45, 7) is 7.48. The Morgan fingerprint density at radius 1 is 1.44 bits per heavy atom. The zero-order valence-corrected chi connectivity index (χ0v) is 11.5. The first-order valence-corrected chi connectivity index (χ1v) is 6.15. The van der Waals surface area contributed by atoms with Crippen molar-refractivity contribution in [2.45, 2.75) is 43.6 Å². The van der Waals surface area contributed by atoms with Crippen LogP contribution in [0, 0.1) is 0 Å². The average Bonchev–Trinajstić information content (AvgIpc) is 2.63. The molecule has 0 unspecified atom stereocenters. The molecular weight excluding hydrogens is 256 g/mol. The number of carbonyl (C=O) groups is 2. The van der Waals surface area contributed by atoms with E-state index in [4.69, 9.17) is 5.73 Å². The highest BCUT2D eigenvalue weighted by Gasteiger charge is 2.24. The van der Waals surface area contributed by atoms with Crippen molar-refractivity contribution in [2.24, 2.45) is 5.73 Å². The number of amides is 3. The van der Waals surface area contributed by atoms with Crippen LogP contribution in [-0.4, -0.2) is 37.4 Å². The normalized spacial score (nSPS) is 13.1. The van der Waals surface area contributed by atoms with E-state index in [-0.39, 0.29) is 5.54 Å². The van der Waals surface area contributed by atoms with Crippen LogP contribution in [0.2, 0.25) is 0 Å². The quantitative estimate of drug-likeness (QED) is 0.754. The summed E-state index contributed by atoms with van der Waals surface area (Å²) in [6, 6.07) is -0.872. The molecule has 3 amide bonds. The molecule has 0 aromatic carbocycles. The van der Waals surface area contributed by atoms with Crippen molar-refractivity contribution in [3.8, 4) is 0 Å². The number of hydrogen-bond donors (Lipinski definition) is 2. The van der Waals surface area contributed by atoms with Gasteiger partial charge >= 0.3 is 6.03 Å². The summed E-state index contributed by atoms with van der Waals surface area (Å²) in [6.07, 6.45) is 0. The lowest BCUT2D eigenvalue weighted by molar-refractivity contribution is -0.119. The summed E-state index contributed by atoms with van der Waals surface area (Å²) < 4.78 is 1.62. The van der Waals surface area contributed by atoms with Crippen LogP contribution in [0.15, 0.2) is 5.16 Å². The van der Waals surface area contributed by atoms with E-state index in [0.717, 1.165) is 11.8 Å². The van der Waals surface area contributed by atoms with E-state index in [1.807, 2.05) is 26.1 Å². The van der Waals surface area contributed by atoms with Gasteiger partial charge in [-0.1, -0.05) is 11.8 Å². The van der Waals surface area contributed by atoms with Gasteiger partial charge in [-0.3, -0.25) is 10.1 Å². The second kappa shape index (κ2) is 5.34. The van der Waals surface area contributed by atoms with Gasteiger partial charge in [-0.2, -0.15) is 0 Å². The number of nitrogens with one attached hydrogen (secondary N) is 1. The Bertz CT molecular complexity index is 452. The Morgan fingerprint density at radius 3 is 2.56 bits per heavy atom. The number of urea groups is 1. The molecule has 0 saturated heterocycles. The number of hydrogen-bond acceptors (Lipinski definition) is 6. The zero-order valence-electron chi connectivity index (χ0n) is 10.7. The third-order valence-corrected chi connectivity index (χ3v) is 3.01. The van der Waals surface area contributed by atoms with E-state index in [1.54, 1.807) is 11.6 Å². The first kappa shape index (κ1) is 14.4. The Balaban J connectivity index is 2.77. The monoisotopic (exact) mass is 272 g/mol. The summed E-state index contributed by atoms with van der Waals surface area (Å²) in [5, 5.41) is 13.3. The third-order valence-electron chi connectivity index (χ3n) is 1.97. The fourth-order valence-electron chi connectivity index (χ4n) is 1.11. The molecule has 8 nitrogen and oxygen atoms in total. The molecule has 1 aromatic rings. The number of thioether (sulfide) groups is 1. The number of nitrogens with two attached hydrogens (primary N) is 1. The molecule has 0 bridgehead atoms. The molecule has 3 N–H and O–H groups in total. The first-order valence-electron chi connectivity index (χ1n) is 5.27. The van der Waals surface area contributed by atoms with Crippen LogP contribution in [0.25, 0.3) is 0 Å². The lowest BCUT2D eigenvalue weighted by Crippen LogP contribution is -2.39. The van der Waals surface area contributed by atoms with E-state index in [1.165, 1.54) is 0 Å². The van der Waals surface area contributed by atoms with Crippen molar-refractivity contribution in [1.29, 1.82) is 0 Å². The van der Waals surface area contributed by atoms with E-state index < -0.39 is 17.2 Å². The van der Waals surface area contributed by atoms with Crippen LogP contribution in [0.3, 0.4) is 0 Å². The maximum absolute atomic E-state index is 11.5. The highest BCUT2D eigenvalue weighted by atomic mass is 32.2. The molecule has 1 rings (SSSR count). The van der Waals surface area contributed by atoms with Crippen molar-refractivity contribution in [1.82, 2.24) is 25.5 Å². The van der Waals surface area contributed by atoms with Gasteiger partial charge in [0.15, 0.2) is 0 Å². The van der Waals surface area contributed by atoms with E-state index >= 15 is 0 Å². The van der Waals surface area contributed by atoms with Crippen LogP contribution in [0.5, 0.6) is 0 Å². The van der Waals surface area contributed by atoms with Crippen LogP contribution in [0.1, 0.15) is 27.7 Å². The van der Waals surface area contributed by atoms with Crippen LogP contribution in [-0.2, 0) is 10.3 Å². The molecule has 1 aromatic heterocycles. The van der Waals surface area contributed by atoms with Crippen LogP contribution < -0.4 is 11.1 Å². The maximum Gasteiger partial charge on any atom is 0.318 e. The third kappa shape index (κ3) is 3.69. The SMILES string of the molecule is C[C@H](Sc1nnnn1C(C)(C)C)C(=O)NC(N)=O. The Kier molecular flexibility index (Phi) is 4.28. The van der Waals surface area contributed by atoms with E-state index in [0.29, 0.717) is 5.16 Å². The van der Waals surface area contributed by atoms with Crippen molar-refractivity contribution < 1.29 is 9.59 Å². The molecule has 0 aliphatic heterocycles. The van der Waals surface area contributed by atoms with Gasteiger partial charge in [0, 0.05) is 0 Å². The van der Waals surface area contributed by atoms with Gasteiger partial charge in [0.25, 0.3) is 0 Å². The zero-order chi connectivity index (χ0) is 13.9. The molecule has 9 heteroatoms. The Hall–Kier alpha value is -1.64. The highest BCUT2D eigenvalue weighted by molar-refractivity contribution is 8.00. The predicted molar refractivity (Wildman–Crippen MR) is 65.9 cm³/mol. The van der Waals surface area contributed by atoms with Gasteiger partial charge in [0.2, 0.25) is 11.1 Å². The van der Waals surface area contributed by atoms with Crippen LogP contribution >= 0.6 is 11.8 Å². The minimum Gasteiger partial charge on any atom is -0.351 e. The minimum atomic E-state index is -0.872. The average molecular weight is 272 g/mol. The Labute approximate surface area is 109 Å². The molecule has 18 heavy (non-hydrogen) atoms. The number of aromatic nitrogens is 4. The molecule has 100 valence electrons. The molecule has 1 heterocycles. The predicted octanol–water partition coefficient (Wildman–Crippen LogP) is 0.104. The van der Waals surface area contributed by atoms with Gasteiger partial charge in [-0.25, -0.2) is 9.48 Å². The van der Waals surface area contributed by atoms with Crippen LogP contribution in [0.4, 0.5) is 4.79 Å². The summed E-state index contributed by atoms with van der Waals surface area (Å²) in [5.74, 6) is -0.476. The second-order valence-corrected chi connectivity index (χ2v) is 5.97. The number of nitrogens with zero attached hydrogens (tertiary/aromatic N) is 4. The lowest BCUT2D eigenvalue weighted by atomic mass is 10.1. The van der Waals surface area contributed by atoms with Gasteiger partial charge in [0.05, 0.1) is 10.8 Å². The molecule has 0 aliphatic rings. The van der Waals surface area contributed by atoms with Gasteiger partial charge in [-0.05, 0) is 38.1 Å². The molecule has 0 saturated carbocycles. The number of imide groups is 1. The van der Waals surface area contributed by atoms with Gasteiger partial charge < -0.3 is 5.73 Å². The topological polar surface area (TPSA) is 116 Å². The van der Waals surface area contributed by atoms with Gasteiger partial charge in [0.1, 0.15) is 0 Å². The fourth-order valence-corrected chi connectivity index (χ4v) is 2.08. The summed E-state index contributed by atoms with van der Waals surface area (Å²) >= 11 is 1.16. The highest BCUT2D eigenvalue weighted by Crippen LogP contribution is 2.24.